The molecule has 0 radical (unpaired) electrons. The lowest BCUT2D eigenvalue weighted by atomic mass is 9.99. The maximum Gasteiger partial charge on any atom is 0.573 e. The Morgan fingerprint density at radius 2 is 1.84 bits per heavy atom. The third-order valence-corrected chi connectivity index (χ3v) is 4.50. The number of likely N-dealkylation sites (tertiary alicyclic amines) is 1. The molecule has 3 rings (SSSR count). The van der Waals surface area contributed by atoms with Crippen LogP contribution in [0.3, 0.4) is 0 Å². The Morgan fingerprint density at radius 1 is 1.13 bits per heavy atom. The molecule has 1 N–H and O–H groups in total. The first-order valence-electron chi connectivity index (χ1n) is 8.89. The number of carboxylic acid groups (broad SMARTS) is 1. The van der Waals surface area contributed by atoms with Crippen LogP contribution in [0.1, 0.15) is 16.8 Å². The van der Waals surface area contributed by atoms with Crippen molar-refractivity contribution in [3.8, 4) is 11.5 Å². The average Bonchev–Trinajstić information content (AvgIpc) is 2.62. The van der Waals surface area contributed by atoms with E-state index in [0.717, 1.165) is 24.4 Å². The van der Waals surface area contributed by atoms with E-state index >= 15 is 0 Å². The van der Waals surface area contributed by atoms with Crippen LogP contribution in [-0.4, -0.2) is 40.4 Å². The van der Waals surface area contributed by atoms with Gasteiger partial charge < -0.3 is 14.6 Å². The van der Waals surface area contributed by atoms with Crippen LogP contribution in [0.4, 0.5) is 26.3 Å². The molecule has 31 heavy (non-hydrogen) atoms. The molecule has 0 aliphatic carbocycles. The molecule has 6 nitrogen and oxygen atoms in total. The highest BCUT2D eigenvalue weighted by molar-refractivity contribution is 5.71. The average molecular weight is 450 g/mol. The first-order chi connectivity index (χ1) is 14.4. The topological polar surface area (TPSA) is 71.9 Å². The smallest absolute Gasteiger partial charge is 0.487 e. The van der Waals surface area contributed by atoms with E-state index < -0.39 is 42.3 Å². The molecule has 0 bridgehead atoms. The van der Waals surface area contributed by atoms with Gasteiger partial charge in [-0.1, -0.05) is 6.07 Å². The fourth-order valence-corrected chi connectivity index (χ4v) is 2.96. The second-order valence-electron chi connectivity index (χ2n) is 6.87. The minimum Gasteiger partial charge on any atom is -0.487 e. The van der Waals surface area contributed by atoms with Gasteiger partial charge in [0.15, 0.2) is 0 Å². The van der Waals surface area contributed by atoms with E-state index in [-0.39, 0.29) is 36.6 Å². The molecular formula is C19H16F6N2O4. The Balaban J connectivity index is 1.71. The lowest BCUT2D eigenvalue weighted by Gasteiger charge is -2.36. The lowest BCUT2D eigenvalue weighted by Crippen LogP contribution is -2.49. The summed E-state index contributed by atoms with van der Waals surface area (Å²) in [5.41, 5.74) is -0.824. The fourth-order valence-electron chi connectivity index (χ4n) is 2.96. The Bertz CT molecular complexity index is 942. The van der Waals surface area contributed by atoms with Crippen LogP contribution in [0.25, 0.3) is 0 Å². The highest BCUT2D eigenvalue weighted by Crippen LogP contribution is 2.33. The van der Waals surface area contributed by atoms with Gasteiger partial charge >= 0.3 is 18.5 Å². The van der Waals surface area contributed by atoms with E-state index in [2.05, 4.69) is 9.72 Å². The van der Waals surface area contributed by atoms with Crippen LogP contribution in [0, 0.1) is 5.92 Å². The van der Waals surface area contributed by atoms with Gasteiger partial charge in [0.05, 0.1) is 17.2 Å². The summed E-state index contributed by atoms with van der Waals surface area (Å²) in [6, 6.07) is 5.22. The number of hydrogen-bond donors (Lipinski definition) is 1. The number of ether oxygens (including phenoxy) is 2. The fraction of sp³-hybridized carbons (Fsp3) is 0.368. The standard InChI is InChI=1S/C19H16F6N2O4/c20-18(21,22)13-3-4-26-14(5-13)10-30-15-2-1-11(16(6-15)31-19(23,24)25)7-27-8-12(9-27)17(28)29/h1-6,12H,7-10H2,(H,28,29). The zero-order valence-corrected chi connectivity index (χ0v) is 15.7. The number of halogens is 6. The summed E-state index contributed by atoms with van der Waals surface area (Å²) in [5.74, 6) is -2.15. The van der Waals surface area contributed by atoms with Crippen molar-refractivity contribution in [1.82, 2.24) is 9.88 Å². The minimum atomic E-state index is -4.98. The number of rotatable bonds is 7. The van der Waals surface area contributed by atoms with E-state index in [1.807, 2.05) is 0 Å². The highest BCUT2D eigenvalue weighted by atomic mass is 19.4. The van der Waals surface area contributed by atoms with Gasteiger partial charge in [-0.25, -0.2) is 0 Å². The molecule has 1 saturated heterocycles. The number of alkyl halides is 6. The number of carbonyl (C=O) groups is 1. The van der Waals surface area contributed by atoms with Gasteiger partial charge in [0.2, 0.25) is 0 Å². The monoisotopic (exact) mass is 450 g/mol. The molecule has 1 aromatic carbocycles. The summed E-state index contributed by atoms with van der Waals surface area (Å²) < 4.78 is 86.0. The number of nitrogens with zero attached hydrogens (tertiary/aromatic N) is 2. The second-order valence-corrected chi connectivity index (χ2v) is 6.87. The molecule has 1 aliphatic heterocycles. The van der Waals surface area contributed by atoms with E-state index in [4.69, 9.17) is 9.84 Å². The normalized spacial score (nSPS) is 15.4. The summed E-state index contributed by atoms with van der Waals surface area (Å²) >= 11 is 0. The molecule has 2 heterocycles. The van der Waals surface area contributed by atoms with Crippen molar-refractivity contribution in [3.63, 3.8) is 0 Å². The van der Waals surface area contributed by atoms with Crippen molar-refractivity contribution in [2.45, 2.75) is 25.7 Å². The summed E-state index contributed by atoms with van der Waals surface area (Å²) in [6.07, 6.45) is -8.58. The molecule has 0 amide bonds. The molecule has 0 unspecified atom stereocenters. The maximum atomic E-state index is 12.8. The first kappa shape index (κ1) is 22.7. The Morgan fingerprint density at radius 3 is 2.45 bits per heavy atom. The van der Waals surface area contributed by atoms with Crippen LogP contribution in [0.5, 0.6) is 11.5 Å². The number of carboxylic acids is 1. The zero-order valence-electron chi connectivity index (χ0n) is 15.7. The summed E-state index contributed by atoms with van der Waals surface area (Å²) in [5, 5.41) is 8.89. The van der Waals surface area contributed by atoms with Gasteiger partial charge in [0.25, 0.3) is 0 Å². The SMILES string of the molecule is O=C(O)C1CN(Cc2ccc(OCc3cc(C(F)(F)F)ccn3)cc2OC(F)(F)F)C1. The molecule has 0 spiro atoms. The third kappa shape index (κ3) is 6.23. The molecule has 0 atom stereocenters. The van der Waals surface area contributed by atoms with Crippen molar-refractivity contribution >= 4 is 5.97 Å². The first-order valence-corrected chi connectivity index (χ1v) is 8.89. The quantitative estimate of drug-likeness (QED) is 0.641. The number of aliphatic carboxylic acids is 1. The van der Waals surface area contributed by atoms with Crippen LogP contribution < -0.4 is 9.47 Å². The maximum absolute atomic E-state index is 12.8. The van der Waals surface area contributed by atoms with E-state index in [9.17, 15) is 31.1 Å². The van der Waals surface area contributed by atoms with Crippen molar-refractivity contribution < 1.29 is 45.7 Å². The Kier molecular flexibility index (Phi) is 6.30. The molecule has 2 aromatic rings. The number of hydrogen-bond acceptors (Lipinski definition) is 5. The molecule has 1 aliphatic rings. The van der Waals surface area contributed by atoms with Crippen LogP contribution in [-0.2, 0) is 24.1 Å². The van der Waals surface area contributed by atoms with E-state index in [0.29, 0.717) is 0 Å². The number of benzene rings is 1. The van der Waals surface area contributed by atoms with E-state index in [1.165, 1.54) is 12.1 Å². The zero-order chi connectivity index (χ0) is 22.8. The molecule has 0 saturated carbocycles. The Hall–Kier alpha value is -3.02. The predicted molar refractivity (Wildman–Crippen MR) is 93.1 cm³/mol. The second kappa shape index (κ2) is 8.61. The van der Waals surface area contributed by atoms with Gasteiger partial charge in [0, 0.05) is 37.5 Å². The largest absolute Gasteiger partial charge is 0.573 e. The third-order valence-electron chi connectivity index (χ3n) is 4.50. The lowest BCUT2D eigenvalue weighted by molar-refractivity contribution is -0.275. The highest BCUT2D eigenvalue weighted by Gasteiger charge is 2.35. The van der Waals surface area contributed by atoms with Gasteiger partial charge in [-0.2, -0.15) is 13.2 Å². The van der Waals surface area contributed by atoms with Gasteiger partial charge in [-0.3, -0.25) is 14.7 Å². The molecule has 168 valence electrons. The minimum absolute atomic E-state index is 0.0324. The number of pyridine rings is 1. The molecular weight excluding hydrogens is 434 g/mol. The van der Waals surface area contributed by atoms with E-state index in [1.54, 1.807) is 4.90 Å². The van der Waals surface area contributed by atoms with Crippen LogP contribution in [0.15, 0.2) is 36.5 Å². The summed E-state index contributed by atoms with van der Waals surface area (Å²) in [6.45, 7) is 0.0202. The van der Waals surface area contributed by atoms with Gasteiger partial charge in [0.1, 0.15) is 18.1 Å². The van der Waals surface area contributed by atoms with Gasteiger partial charge in [-0.05, 0) is 18.2 Å². The molecule has 1 fully saturated rings. The summed E-state index contributed by atoms with van der Waals surface area (Å²) in [7, 11) is 0. The van der Waals surface area contributed by atoms with Crippen molar-refractivity contribution in [2.24, 2.45) is 5.92 Å². The molecule has 12 heteroatoms. The summed E-state index contributed by atoms with van der Waals surface area (Å²) in [4.78, 5) is 16.3. The van der Waals surface area contributed by atoms with Crippen LogP contribution in [0.2, 0.25) is 0 Å². The van der Waals surface area contributed by atoms with Crippen LogP contribution >= 0.6 is 0 Å². The Labute approximate surface area is 172 Å². The van der Waals surface area contributed by atoms with Crippen molar-refractivity contribution in [2.75, 3.05) is 13.1 Å². The van der Waals surface area contributed by atoms with Crippen molar-refractivity contribution in [1.29, 1.82) is 0 Å². The molecule has 1 aromatic heterocycles. The van der Waals surface area contributed by atoms with Crippen molar-refractivity contribution in [3.05, 3.63) is 53.3 Å². The number of aromatic nitrogens is 1. The van der Waals surface area contributed by atoms with Gasteiger partial charge in [-0.15, -0.1) is 13.2 Å². The predicted octanol–water partition coefficient (Wildman–Crippen LogP) is 4.09.